The number of nitrogens with two attached hydrogens (primary N) is 1. The monoisotopic (exact) mass is 271 g/mol. The van der Waals surface area contributed by atoms with E-state index in [1.807, 2.05) is 31.2 Å². The highest BCUT2D eigenvalue weighted by molar-refractivity contribution is 7.53. The van der Waals surface area contributed by atoms with E-state index in [4.69, 9.17) is 14.8 Å². The number of hydrogen-bond acceptors (Lipinski definition) is 4. The van der Waals surface area contributed by atoms with Crippen molar-refractivity contribution in [2.75, 3.05) is 19.4 Å². The zero-order valence-electron chi connectivity index (χ0n) is 11.3. The Morgan fingerprint density at radius 2 is 1.67 bits per heavy atom. The van der Waals surface area contributed by atoms with Crippen LogP contribution in [0.25, 0.3) is 0 Å². The second-order valence-corrected chi connectivity index (χ2v) is 6.25. The van der Waals surface area contributed by atoms with E-state index >= 15 is 0 Å². The summed E-state index contributed by atoms with van der Waals surface area (Å²) in [5.41, 5.74) is 8.17. The van der Waals surface area contributed by atoms with Gasteiger partial charge in [-0.3, -0.25) is 4.57 Å². The van der Waals surface area contributed by atoms with Crippen molar-refractivity contribution >= 4 is 7.60 Å². The molecule has 0 spiro atoms. The largest absolute Gasteiger partial charge is 0.332 e. The maximum Gasteiger partial charge on any atom is 0.332 e. The Labute approximate surface area is 109 Å². The van der Waals surface area contributed by atoms with Crippen molar-refractivity contribution in [3.8, 4) is 0 Å². The van der Waals surface area contributed by atoms with E-state index in [2.05, 4.69) is 0 Å². The molecule has 0 aliphatic heterocycles. The quantitative estimate of drug-likeness (QED) is 0.773. The van der Waals surface area contributed by atoms with Crippen LogP contribution in [0.5, 0.6) is 0 Å². The molecule has 0 fully saturated rings. The molecule has 0 saturated carbocycles. The number of aryl methyl sites for hydroxylation is 1. The van der Waals surface area contributed by atoms with Crippen molar-refractivity contribution in [3.63, 3.8) is 0 Å². The molecule has 5 heteroatoms. The Kier molecular flexibility index (Phi) is 6.03. The molecular weight excluding hydrogens is 249 g/mol. The van der Waals surface area contributed by atoms with Gasteiger partial charge in [0.05, 0.1) is 19.4 Å². The van der Waals surface area contributed by atoms with Crippen LogP contribution in [0.1, 0.15) is 31.0 Å². The highest BCUT2D eigenvalue weighted by atomic mass is 31.2. The summed E-state index contributed by atoms with van der Waals surface area (Å²) < 4.78 is 22.8. The van der Waals surface area contributed by atoms with Crippen LogP contribution in [-0.4, -0.2) is 19.4 Å². The molecule has 18 heavy (non-hydrogen) atoms. The Hall–Kier alpha value is -0.670. The minimum Gasteiger partial charge on any atom is -0.323 e. The zero-order valence-corrected chi connectivity index (χ0v) is 12.2. The van der Waals surface area contributed by atoms with Crippen LogP contribution < -0.4 is 5.73 Å². The van der Waals surface area contributed by atoms with E-state index in [9.17, 15) is 4.57 Å². The highest BCUT2D eigenvalue weighted by Crippen LogP contribution is 2.50. The second kappa shape index (κ2) is 7.05. The van der Waals surface area contributed by atoms with Gasteiger partial charge in [0.15, 0.2) is 0 Å². The summed E-state index contributed by atoms with van der Waals surface area (Å²) in [7, 11) is -3.08. The zero-order chi connectivity index (χ0) is 13.6. The summed E-state index contributed by atoms with van der Waals surface area (Å²) in [5.74, 6) is 0. The summed E-state index contributed by atoms with van der Waals surface area (Å²) in [6, 6.07) is 7.53. The van der Waals surface area contributed by atoms with Gasteiger partial charge in [-0.05, 0) is 26.3 Å². The predicted octanol–water partition coefficient (Wildman–Crippen LogP) is 3.26. The number of rotatable bonds is 7. The van der Waals surface area contributed by atoms with Crippen LogP contribution >= 0.6 is 7.60 Å². The first-order chi connectivity index (χ1) is 8.50. The lowest BCUT2D eigenvalue weighted by molar-refractivity contribution is 0.218. The van der Waals surface area contributed by atoms with Gasteiger partial charge in [0, 0.05) is 6.04 Å². The molecule has 0 aromatic heterocycles. The van der Waals surface area contributed by atoms with Crippen molar-refractivity contribution in [2.45, 2.75) is 26.8 Å². The molecule has 2 N–H and O–H groups in total. The number of hydrogen-bond donors (Lipinski definition) is 1. The van der Waals surface area contributed by atoms with Crippen molar-refractivity contribution in [3.05, 3.63) is 35.4 Å². The molecule has 0 unspecified atom stereocenters. The molecule has 0 aliphatic rings. The molecule has 1 aromatic rings. The lowest BCUT2D eigenvalue weighted by Gasteiger charge is -2.21. The van der Waals surface area contributed by atoms with Crippen molar-refractivity contribution in [1.82, 2.24) is 0 Å². The standard InChI is InChI=1S/C13H22NO3P/c1-4-16-18(15,17-5-2)10-13(14)12-8-6-11(3)7-9-12/h6-9,13H,4-5,10,14H2,1-3H3/t13-/m0/s1. The van der Waals surface area contributed by atoms with Gasteiger partial charge in [0.1, 0.15) is 0 Å². The first-order valence-electron chi connectivity index (χ1n) is 6.21. The van der Waals surface area contributed by atoms with Gasteiger partial charge in [0.2, 0.25) is 0 Å². The van der Waals surface area contributed by atoms with Crippen LogP contribution in [0, 0.1) is 6.92 Å². The molecule has 0 saturated heterocycles. The van der Waals surface area contributed by atoms with Crippen LogP contribution in [0.15, 0.2) is 24.3 Å². The molecule has 0 amide bonds. The first-order valence-corrected chi connectivity index (χ1v) is 7.94. The number of benzene rings is 1. The van der Waals surface area contributed by atoms with Crippen LogP contribution in [0.4, 0.5) is 0 Å². The fourth-order valence-corrected chi connectivity index (χ4v) is 3.46. The Bertz CT molecular complexity index is 395. The maximum atomic E-state index is 12.3. The van der Waals surface area contributed by atoms with Crippen LogP contribution in [-0.2, 0) is 13.6 Å². The summed E-state index contributed by atoms with van der Waals surface area (Å²) >= 11 is 0. The molecule has 4 nitrogen and oxygen atoms in total. The van der Waals surface area contributed by atoms with Gasteiger partial charge in [-0.25, -0.2) is 0 Å². The molecule has 0 aliphatic carbocycles. The molecule has 1 aromatic carbocycles. The van der Waals surface area contributed by atoms with Crippen LogP contribution in [0.3, 0.4) is 0 Å². The smallest absolute Gasteiger partial charge is 0.323 e. The van der Waals surface area contributed by atoms with E-state index in [1.54, 1.807) is 13.8 Å². The Morgan fingerprint density at radius 3 is 2.11 bits per heavy atom. The fraction of sp³-hybridized carbons (Fsp3) is 0.538. The van der Waals surface area contributed by atoms with Gasteiger partial charge in [-0.15, -0.1) is 0 Å². The van der Waals surface area contributed by atoms with Crippen molar-refractivity contribution < 1.29 is 13.6 Å². The van der Waals surface area contributed by atoms with E-state index < -0.39 is 7.60 Å². The van der Waals surface area contributed by atoms with Gasteiger partial charge in [-0.1, -0.05) is 29.8 Å². The van der Waals surface area contributed by atoms with Gasteiger partial charge >= 0.3 is 7.60 Å². The molecular formula is C13H22NO3P. The Balaban J connectivity index is 2.74. The third kappa shape index (κ3) is 4.54. The molecule has 0 radical (unpaired) electrons. The minimum atomic E-state index is -3.08. The molecule has 1 atom stereocenters. The summed E-state index contributed by atoms with van der Waals surface area (Å²) in [6.45, 7) is 6.32. The summed E-state index contributed by atoms with van der Waals surface area (Å²) in [4.78, 5) is 0. The topological polar surface area (TPSA) is 61.5 Å². The second-order valence-electron chi connectivity index (χ2n) is 4.15. The molecule has 1 rings (SSSR count). The van der Waals surface area contributed by atoms with E-state index in [1.165, 1.54) is 5.56 Å². The van der Waals surface area contributed by atoms with E-state index in [0.29, 0.717) is 13.2 Å². The fourth-order valence-electron chi connectivity index (χ4n) is 1.70. The van der Waals surface area contributed by atoms with E-state index in [0.717, 1.165) is 5.56 Å². The molecule has 0 bridgehead atoms. The SMILES string of the molecule is CCOP(=O)(C[C@H](N)c1ccc(C)cc1)OCC. The normalized spacial score (nSPS) is 13.6. The van der Waals surface area contributed by atoms with Crippen LogP contribution in [0.2, 0.25) is 0 Å². The lowest BCUT2D eigenvalue weighted by atomic mass is 10.1. The van der Waals surface area contributed by atoms with Crippen molar-refractivity contribution in [1.29, 1.82) is 0 Å². The molecule has 102 valence electrons. The highest BCUT2D eigenvalue weighted by Gasteiger charge is 2.27. The van der Waals surface area contributed by atoms with Gasteiger partial charge in [-0.2, -0.15) is 0 Å². The third-order valence-corrected chi connectivity index (χ3v) is 4.72. The van der Waals surface area contributed by atoms with Gasteiger partial charge < -0.3 is 14.8 Å². The summed E-state index contributed by atoms with van der Waals surface area (Å²) in [5, 5.41) is 0. The minimum absolute atomic E-state index is 0.206. The first kappa shape index (κ1) is 15.4. The van der Waals surface area contributed by atoms with E-state index in [-0.39, 0.29) is 12.2 Å². The van der Waals surface area contributed by atoms with Gasteiger partial charge in [0.25, 0.3) is 0 Å². The molecule has 0 heterocycles. The lowest BCUT2D eigenvalue weighted by Crippen LogP contribution is -2.17. The predicted molar refractivity (Wildman–Crippen MR) is 73.8 cm³/mol. The average molecular weight is 271 g/mol. The average Bonchev–Trinajstić information content (AvgIpc) is 2.30. The summed E-state index contributed by atoms with van der Waals surface area (Å²) in [6.07, 6.45) is 0.206. The van der Waals surface area contributed by atoms with Crippen molar-refractivity contribution in [2.24, 2.45) is 5.73 Å². The Morgan fingerprint density at radius 1 is 1.17 bits per heavy atom. The third-order valence-electron chi connectivity index (χ3n) is 2.58. The maximum absolute atomic E-state index is 12.3.